The second-order valence-electron chi connectivity index (χ2n) is 8.17. The number of benzene rings is 1. The molecule has 0 aromatic heterocycles. The summed E-state index contributed by atoms with van der Waals surface area (Å²) in [5.74, 6) is -2.45. The predicted molar refractivity (Wildman–Crippen MR) is 105 cm³/mol. The van der Waals surface area contributed by atoms with Gasteiger partial charge < -0.3 is 19.1 Å². The fourth-order valence-electron chi connectivity index (χ4n) is 2.95. The topological polar surface area (TPSA) is 102 Å². The Morgan fingerprint density at radius 2 is 1.75 bits per heavy atom. The summed E-state index contributed by atoms with van der Waals surface area (Å²) >= 11 is 0. The molecule has 32 heavy (non-hydrogen) atoms. The van der Waals surface area contributed by atoms with Gasteiger partial charge in [-0.05, 0) is 45.2 Å². The molecule has 1 unspecified atom stereocenters. The molecule has 180 valence electrons. The average molecular weight is 484 g/mol. The lowest BCUT2D eigenvalue weighted by Gasteiger charge is -2.26. The Hall–Kier alpha value is -2.57. The van der Waals surface area contributed by atoms with Crippen LogP contribution in [0.2, 0.25) is 0 Å². The minimum absolute atomic E-state index is 0.143. The van der Waals surface area contributed by atoms with Crippen LogP contribution in [0.25, 0.3) is 0 Å². The minimum Gasteiger partial charge on any atom is -0.444 e. The van der Waals surface area contributed by atoms with Gasteiger partial charge in [0.2, 0.25) is 5.91 Å². The van der Waals surface area contributed by atoms with E-state index in [0.29, 0.717) is 19.2 Å². The van der Waals surface area contributed by atoms with E-state index in [1.165, 1.54) is 4.90 Å². The third kappa shape index (κ3) is 6.97. The van der Waals surface area contributed by atoms with Gasteiger partial charge in [-0.2, -0.15) is 21.6 Å². The van der Waals surface area contributed by atoms with Crippen molar-refractivity contribution in [1.29, 1.82) is 0 Å². The summed E-state index contributed by atoms with van der Waals surface area (Å²) in [6.07, 6.45) is 0.316. The summed E-state index contributed by atoms with van der Waals surface area (Å²) in [6, 6.07) is 1.07. The molecule has 1 aromatic rings. The van der Waals surface area contributed by atoms with E-state index >= 15 is 0 Å². The monoisotopic (exact) mass is 484 g/mol. The van der Waals surface area contributed by atoms with Crippen LogP contribution in [0.5, 0.6) is 5.75 Å². The second kappa shape index (κ2) is 9.51. The first-order chi connectivity index (χ1) is 14.6. The number of halogens is 4. The standard InChI is InChI=1S/C19H24F4N2O6S/c1-18(2,3)30-17(27)24-15(16(26)25-8-4-5-9-25)10-12-6-7-13(11-14(12)20)31-32(28,29)19(21,22)23/h6-7,11,15H,4-5,8-10H2,1-3H3,(H,24,27). The van der Waals surface area contributed by atoms with Crippen molar-refractivity contribution in [2.24, 2.45) is 0 Å². The molecular weight excluding hydrogens is 460 g/mol. The van der Waals surface area contributed by atoms with E-state index in [2.05, 4.69) is 9.50 Å². The second-order valence-corrected chi connectivity index (χ2v) is 9.71. The van der Waals surface area contributed by atoms with Crippen molar-refractivity contribution < 1.29 is 44.5 Å². The Bertz CT molecular complexity index is 954. The van der Waals surface area contributed by atoms with Crippen molar-refractivity contribution in [3.05, 3.63) is 29.6 Å². The molecule has 2 amide bonds. The molecule has 0 spiro atoms. The molecule has 0 saturated carbocycles. The Labute approximate surface area is 183 Å². The van der Waals surface area contributed by atoms with Crippen molar-refractivity contribution >= 4 is 22.1 Å². The first kappa shape index (κ1) is 25.7. The molecule has 1 aliphatic heterocycles. The highest BCUT2D eigenvalue weighted by Gasteiger charge is 2.48. The fraction of sp³-hybridized carbons (Fsp3) is 0.579. The summed E-state index contributed by atoms with van der Waals surface area (Å²) in [7, 11) is -5.96. The Morgan fingerprint density at radius 3 is 2.25 bits per heavy atom. The Morgan fingerprint density at radius 1 is 1.16 bits per heavy atom. The fourth-order valence-corrected chi connectivity index (χ4v) is 3.40. The van der Waals surface area contributed by atoms with Gasteiger partial charge in [0.1, 0.15) is 23.2 Å². The molecule has 1 fully saturated rings. The van der Waals surface area contributed by atoms with Crippen molar-refractivity contribution in [1.82, 2.24) is 10.2 Å². The van der Waals surface area contributed by atoms with E-state index in [4.69, 9.17) is 4.74 Å². The quantitative estimate of drug-likeness (QED) is 0.378. The molecule has 1 aliphatic rings. The third-order valence-electron chi connectivity index (χ3n) is 4.34. The van der Waals surface area contributed by atoms with Crippen LogP contribution < -0.4 is 9.50 Å². The molecule has 1 atom stereocenters. The van der Waals surface area contributed by atoms with Crippen LogP contribution in [0.4, 0.5) is 22.4 Å². The smallest absolute Gasteiger partial charge is 0.444 e. The molecule has 1 aromatic carbocycles. The van der Waals surface area contributed by atoms with Gasteiger partial charge in [-0.3, -0.25) is 4.79 Å². The highest BCUT2D eigenvalue weighted by Crippen LogP contribution is 2.28. The number of carbonyl (C=O) groups is 2. The Balaban J connectivity index is 2.22. The molecule has 8 nitrogen and oxygen atoms in total. The lowest BCUT2D eigenvalue weighted by atomic mass is 10.0. The minimum atomic E-state index is -5.96. The molecule has 0 aliphatic carbocycles. The third-order valence-corrected chi connectivity index (χ3v) is 5.32. The van der Waals surface area contributed by atoms with E-state index in [1.54, 1.807) is 20.8 Å². The van der Waals surface area contributed by atoms with Crippen LogP contribution in [-0.4, -0.2) is 55.6 Å². The van der Waals surface area contributed by atoms with Crippen molar-refractivity contribution in [2.75, 3.05) is 13.1 Å². The maximum absolute atomic E-state index is 14.5. The van der Waals surface area contributed by atoms with Crippen LogP contribution in [0, 0.1) is 5.82 Å². The number of alkyl halides is 3. The first-order valence-electron chi connectivity index (χ1n) is 9.66. The summed E-state index contributed by atoms with van der Waals surface area (Å²) in [5.41, 5.74) is -6.66. The lowest BCUT2D eigenvalue weighted by Crippen LogP contribution is -2.50. The normalized spacial score (nSPS) is 15.9. The number of carbonyl (C=O) groups excluding carboxylic acids is 2. The number of hydrogen-bond acceptors (Lipinski definition) is 6. The summed E-state index contributed by atoms with van der Waals surface area (Å²) in [6.45, 7) is 5.80. The molecule has 1 saturated heterocycles. The molecule has 2 rings (SSSR count). The predicted octanol–water partition coefficient (Wildman–Crippen LogP) is 3.11. The number of amides is 2. The number of likely N-dealkylation sites (tertiary alicyclic amines) is 1. The van der Waals surface area contributed by atoms with Crippen molar-refractivity contribution in [3.63, 3.8) is 0 Å². The van der Waals surface area contributed by atoms with Crippen LogP contribution >= 0.6 is 0 Å². The maximum atomic E-state index is 14.5. The van der Waals surface area contributed by atoms with Gasteiger partial charge in [-0.25, -0.2) is 9.18 Å². The first-order valence-corrected chi connectivity index (χ1v) is 11.1. The van der Waals surface area contributed by atoms with Gasteiger partial charge in [0.15, 0.2) is 0 Å². The zero-order chi connectivity index (χ0) is 24.3. The average Bonchev–Trinajstić information content (AvgIpc) is 3.14. The van der Waals surface area contributed by atoms with E-state index < -0.39 is 50.8 Å². The molecule has 1 N–H and O–H groups in total. The summed E-state index contributed by atoms with van der Waals surface area (Å²) in [5, 5.41) is 2.40. The van der Waals surface area contributed by atoms with E-state index in [1.807, 2.05) is 0 Å². The number of ether oxygens (including phenoxy) is 1. The van der Waals surface area contributed by atoms with Gasteiger partial charge in [-0.15, -0.1) is 0 Å². The Kier molecular flexibility index (Phi) is 7.63. The van der Waals surface area contributed by atoms with E-state index in [0.717, 1.165) is 25.0 Å². The summed E-state index contributed by atoms with van der Waals surface area (Å²) in [4.78, 5) is 26.5. The van der Waals surface area contributed by atoms with E-state index in [9.17, 15) is 35.6 Å². The number of nitrogens with zero attached hydrogens (tertiary/aromatic N) is 1. The highest BCUT2D eigenvalue weighted by molar-refractivity contribution is 7.88. The highest BCUT2D eigenvalue weighted by atomic mass is 32.2. The maximum Gasteiger partial charge on any atom is 0.534 e. The van der Waals surface area contributed by atoms with Crippen LogP contribution in [0.15, 0.2) is 18.2 Å². The van der Waals surface area contributed by atoms with Crippen LogP contribution in [0.3, 0.4) is 0 Å². The zero-order valence-electron chi connectivity index (χ0n) is 17.7. The zero-order valence-corrected chi connectivity index (χ0v) is 18.5. The van der Waals surface area contributed by atoms with Gasteiger partial charge in [-0.1, -0.05) is 6.07 Å². The van der Waals surface area contributed by atoms with Crippen molar-refractivity contribution in [2.45, 2.75) is 57.2 Å². The van der Waals surface area contributed by atoms with Crippen molar-refractivity contribution in [3.8, 4) is 5.75 Å². The summed E-state index contributed by atoms with van der Waals surface area (Å²) < 4.78 is 83.1. The SMILES string of the molecule is CC(C)(C)OC(=O)NC(Cc1ccc(OS(=O)(=O)C(F)(F)F)cc1F)C(=O)N1CCCC1. The number of alkyl carbamates (subject to hydrolysis) is 1. The molecule has 13 heteroatoms. The number of hydrogen-bond donors (Lipinski definition) is 1. The van der Waals surface area contributed by atoms with Crippen LogP contribution in [0.1, 0.15) is 39.2 Å². The van der Waals surface area contributed by atoms with Gasteiger partial charge in [0.05, 0.1) is 0 Å². The molecule has 1 heterocycles. The molecular formula is C19H24F4N2O6S. The number of rotatable bonds is 6. The van der Waals surface area contributed by atoms with E-state index in [-0.39, 0.29) is 12.0 Å². The van der Waals surface area contributed by atoms with Crippen LogP contribution in [-0.2, 0) is 26.1 Å². The number of nitrogens with one attached hydrogen (secondary N) is 1. The largest absolute Gasteiger partial charge is 0.534 e. The van der Waals surface area contributed by atoms with Gasteiger partial charge in [0.25, 0.3) is 0 Å². The van der Waals surface area contributed by atoms with Gasteiger partial charge in [0, 0.05) is 25.6 Å². The molecule has 0 radical (unpaired) electrons. The van der Waals surface area contributed by atoms with Gasteiger partial charge >= 0.3 is 21.7 Å². The molecule has 0 bridgehead atoms. The lowest BCUT2D eigenvalue weighted by molar-refractivity contribution is -0.132.